The lowest BCUT2D eigenvalue weighted by Gasteiger charge is -2.18. The third-order valence-corrected chi connectivity index (χ3v) is 8.04. The normalized spacial score (nSPS) is 12.9. The lowest BCUT2D eigenvalue weighted by Crippen LogP contribution is -2.22. The number of carbonyl (C=O) groups is 1. The van der Waals surface area contributed by atoms with Gasteiger partial charge in [0.15, 0.2) is 6.10 Å². The molecule has 1 amide bonds. The molecule has 0 fully saturated rings. The number of ether oxygens (including phenoxy) is 2. The van der Waals surface area contributed by atoms with E-state index in [2.05, 4.69) is 39.9 Å². The number of hydrogen-bond donors (Lipinski definition) is 2. The smallest absolute Gasteiger partial charge is 0.418 e. The minimum Gasteiger partial charge on any atom is -0.495 e. The Hall–Kier alpha value is -3.81. The van der Waals surface area contributed by atoms with Gasteiger partial charge in [0.25, 0.3) is 0 Å². The van der Waals surface area contributed by atoms with Crippen molar-refractivity contribution in [2.45, 2.75) is 51.6 Å². The monoisotopic (exact) mass is 587 g/mol. The SMILES string of the molecule is COc1ccc(-c2c(-c3ccnc(NC(C)=O)c3)n(COCC[Si](C)(C)C)c3cc(C(O)C(F)(F)F)cnc23)nc1. The van der Waals surface area contributed by atoms with Gasteiger partial charge in [0.05, 0.1) is 41.3 Å². The van der Waals surface area contributed by atoms with E-state index in [4.69, 9.17) is 9.47 Å². The Balaban J connectivity index is 1.99. The van der Waals surface area contributed by atoms with Crippen LogP contribution in [0.5, 0.6) is 5.75 Å². The highest BCUT2D eigenvalue weighted by molar-refractivity contribution is 6.76. The number of pyridine rings is 3. The zero-order chi connectivity index (χ0) is 29.9. The van der Waals surface area contributed by atoms with E-state index >= 15 is 0 Å². The molecule has 0 aromatic carbocycles. The molecule has 0 bridgehead atoms. The number of hydrogen-bond acceptors (Lipinski definition) is 7. The van der Waals surface area contributed by atoms with Crippen LogP contribution in [0.1, 0.15) is 18.6 Å². The number of nitrogens with one attached hydrogen (secondary N) is 1. The van der Waals surface area contributed by atoms with Gasteiger partial charge < -0.3 is 24.5 Å². The second-order valence-corrected chi connectivity index (χ2v) is 16.4. The predicted molar refractivity (Wildman–Crippen MR) is 152 cm³/mol. The van der Waals surface area contributed by atoms with Crippen molar-refractivity contribution >= 4 is 30.8 Å². The van der Waals surface area contributed by atoms with E-state index in [0.717, 1.165) is 12.2 Å². The third kappa shape index (κ3) is 7.10. The van der Waals surface area contributed by atoms with Gasteiger partial charge in [-0.25, -0.2) is 4.98 Å². The molecule has 0 aliphatic carbocycles. The molecule has 2 N–H and O–H groups in total. The molecule has 0 aliphatic heterocycles. The molecule has 4 heterocycles. The van der Waals surface area contributed by atoms with Crippen LogP contribution in [-0.4, -0.2) is 58.5 Å². The average Bonchev–Trinajstić information content (AvgIpc) is 3.23. The molecule has 9 nitrogen and oxygen atoms in total. The number of anilines is 1. The van der Waals surface area contributed by atoms with Crippen molar-refractivity contribution in [3.05, 3.63) is 54.5 Å². The second-order valence-electron chi connectivity index (χ2n) is 10.8. The van der Waals surface area contributed by atoms with Gasteiger partial charge in [0.2, 0.25) is 5.91 Å². The van der Waals surface area contributed by atoms with Crippen LogP contribution >= 0.6 is 0 Å². The lowest BCUT2D eigenvalue weighted by atomic mass is 10.0. The maximum atomic E-state index is 13.5. The molecule has 1 atom stereocenters. The topological polar surface area (TPSA) is 111 Å². The number of aliphatic hydroxyl groups is 1. The number of rotatable bonds is 10. The van der Waals surface area contributed by atoms with Gasteiger partial charge in [0.1, 0.15) is 18.3 Å². The van der Waals surface area contributed by atoms with Gasteiger partial charge in [0, 0.05) is 45.1 Å². The molecule has 4 aromatic heterocycles. The lowest BCUT2D eigenvalue weighted by molar-refractivity contribution is -0.206. The zero-order valence-corrected chi connectivity index (χ0v) is 24.4. The number of alkyl halides is 3. The van der Waals surface area contributed by atoms with E-state index in [1.807, 2.05) is 0 Å². The fourth-order valence-corrected chi connectivity index (χ4v) is 5.02. The maximum absolute atomic E-state index is 13.5. The fourth-order valence-electron chi connectivity index (χ4n) is 4.26. The molecular formula is C28H32F3N5O4Si. The van der Waals surface area contributed by atoms with E-state index in [0.29, 0.717) is 51.7 Å². The molecule has 218 valence electrons. The summed E-state index contributed by atoms with van der Waals surface area (Å²) in [6.07, 6.45) is -3.52. The molecule has 0 saturated heterocycles. The number of nitrogens with zero attached hydrogens (tertiary/aromatic N) is 4. The van der Waals surface area contributed by atoms with Gasteiger partial charge in [-0.1, -0.05) is 19.6 Å². The highest BCUT2D eigenvalue weighted by atomic mass is 28.3. The second kappa shape index (κ2) is 12.0. The zero-order valence-electron chi connectivity index (χ0n) is 23.4. The van der Waals surface area contributed by atoms with E-state index in [9.17, 15) is 23.1 Å². The van der Waals surface area contributed by atoms with Gasteiger partial charge >= 0.3 is 6.18 Å². The van der Waals surface area contributed by atoms with Crippen molar-refractivity contribution in [3.63, 3.8) is 0 Å². The van der Waals surface area contributed by atoms with Crippen molar-refractivity contribution < 1.29 is 32.5 Å². The third-order valence-electron chi connectivity index (χ3n) is 6.33. The van der Waals surface area contributed by atoms with Crippen LogP contribution in [-0.2, 0) is 16.3 Å². The Morgan fingerprint density at radius 2 is 1.88 bits per heavy atom. The van der Waals surface area contributed by atoms with Gasteiger partial charge in [-0.3, -0.25) is 14.8 Å². The number of carbonyl (C=O) groups excluding carboxylic acids is 1. The van der Waals surface area contributed by atoms with Gasteiger partial charge in [-0.05, 0) is 36.4 Å². The maximum Gasteiger partial charge on any atom is 0.418 e. The van der Waals surface area contributed by atoms with Crippen LogP contribution in [0.4, 0.5) is 19.0 Å². The molecule has 13 heteroatoms. The van der Waals surface area contributed by atoms with Crippen LogP contribution in [0, 0.1) is 0 Å². The van der Waals surface area contributed by atoms with E-state index in [1.165, 1.54) is 32.5 Å². The number of aliphatic hydroxyl groups excluding tert-OH is 1. The van der Waals surface area contributed by atoms with E-state index in [-0.39, 0.29) is 12.6 Å². The summed E-state index contributed by atoms with van der Waals surface area (Å²) in [4.78, 5) is 24.9. The first kappa shape index (κ1) is 30.2. The Bertz CT molecular complexity index is 1540. The van der Waals surface area contributed by atoms with Crippen LogP contribution in [0.3, 0.4) is 0 Å². The summed E-state index contributed by atoms with van der Waals surface area (Å²) in [5.41, 5.74) is 2.44. The van der Waals surface area contributed by atoms with E-state index < -0.39 is 25.9 Å². The van der Waals surface area contributed by atoms with Crippen LogP contribution < -0.4 is 10.1 Å². The Morgan fingerprint density at radius 1 is 1.12 bits per heavy atom. The van der Waals surface area contributed by atoms with Crippen molar-refractivity contribution in [3.8, 4) is 28.3 Å². The summed E-state index contributed by atoms with van der Waals surface area (Å²) in [6, 6.07) is 8.98. The molecule has 1 unspecified atom stereocenters. The summed E-state index contributed by atoms with van der Waals surface area (Å²) in [5.74, 6) is 0.504. The van der Waals surface area contributed by atoms with Crippen molar-refractivity contribution in [2.75, 3.05) is 19.0 Å². The molecule has 0 spiro atoms. The average molecular weight is 588 g/mol. The largest absolute Gasteiger partial charge is 0.495 e. The van der Waals surface area contributed by atoms with E-state index in [1.54, 1.807) is 28.8 Å². The highest BCUT2D eigenvalue weighted by Crippen LogP contribution is 2.42. The summed E-state index contributed by atoms with van der Waals surface area (Å²) < 4.78 is 53.4. The molecule has 4 aromatic rings. The number of methoxy groups -OCH3 is 1. The first-order valence-electron chi connectivity index (χ1n) is 12.9. The summed E-state index contributed by atoms with van der Waals surface area (Å²) in [5, 5.41) is 12.7. The molecule has 0 saturated carbocycles. The molecule has 4 rings (SSSR count). The predicted octanol–water partition coefficient (Wildman–Crippen LogP) is 6.04. The standard InChI is InChI=1S/C28H32F3N5O4Si/c1-17(37)35-23-13-18(8-9-32-23)26-24(21-7-6-20(39-2)15-33-21)25-22(36(26)16-40-10-11-41(3,4)5)12-19(14-34-25)27(38)28(29,30)31/h6-9,12-15,27,38H,10-11,16H2,1-5H3,(H,32,35,37). The highest BCUT2D eigenvalue weighted by Gasteiger charge is 2.40. The van der Waals surface area contributed by atoms with Crippen LogP contribution in [0.15, 0.2) is 48.9 Å². The first-order valence-corrected chi connectivity index (χ1v) is 16.6. The Labute approximate surface area is 236 Å². The summed E-state index contributed by atoms with van der Waals surface area (Å²) in [7, 11) is 0.0891. The minimum atomic E-state index is -4.87. The minimum absolute atomic E-state index is 0.00247. The number of aromatic nitrogens is 4. The van der Waals surface area contributed by atoms with Crippen LogP contribution in [0.2, 0.25) is 25.7 Å². The number of fused-ring (bicyclic) bond motifs is 1. The van der Waals surface area contributed by atoms with Crippen LogP contribution in [0.25, 0.3) is 33.5 Å². The van der Waals surface area contributed by atoms with Gasteiger partial charge in [-0.2, -0.15) is 13.2 Å². The number of amides is 1. The van der Waals surface area contributed by atoms with Crippen molar-refractivity contribution in [2.24, 2.45) is 0 Å². The first-order chi connectivity index (χ1) is 19.3. The molecule has 0 aliphatic rings. The summed E-state index contributed by atoms with van der Waals surface area (Å²) >= 11 is 0. The summed E-state index contributed by atoms with van der Waals surface area (Å²) in [6.45, 7) is 8.47. The van der Waals surface area contributed by atoms with Gasteiger partial charge in [-0.15, -0.1) is 0 Å². The van der Waals surface area contributed by atoms with Crippen molar-refractivity contribution in [1.82, 2.24) is 19.5 Å². The Morgan fingerprint density at radius 3 is 2.49 bits per heavy atom. The molecule has 0 radical (unpaired) electrons. The quantitative estimate of drug-likeness (QED) is 0.172. The number of halogens is 3. The fraction of sp³-hybridized carbons (Fsp3) is 0.357. The Kier molecular flexibility index (Phi) is 8.80. The molecular weight excluding hydrogens is 555 g/mol. The molecule has 41 heavy (non-hydrogen) atoms. The van der Waals surface area contributed by atoms with Crippen molar-refractivity contribution in [1.29, 1.82) is 0 Å².